The first kappa shape index (κ1) is 49.8. The lowest BCUT2D eigenvalue weighted by molar-refractivity contribution is 0.249. The maximum Gasteiger partial charge on any atom is 0.00515 e. The summed E-state index contributed by atoms with van der Waals surface area (Å²) in [6, 6.07) is 18.0. The molecule has 10 rings (SSSR count). The van der Waals surface area contributed by atoms with Gasteiger partial charge in [0.05, 0.1) is 0 Å². The molecule has 6 atom stereocenters. The molecule has 364 valence electrons. The average Bonchev–Trinajstić information content (AvgIpc) is 4.25. The van der Waals surface area contributed by atoms with Gasteiger partial charge < -0.3 is 0 Å². The molecule has 0 aromatic heterocycles. The number of benzene rings is 2. The van der Waals surface area contributed by atoms with Crippen LogP contribution in [-0.2, 0) is 12.8 Å². The van der Waals surface area contributed by atoms with Gasteiger partial charge in [-0.25, -0.2) is 0 Å². The van der Waals surface area contributed by atoms with Crippen molar-refractivity contribution in [3.63, 3.8) is 0 Å². The van der Waals surface area contributed by atoms with E-state index in [4.69, 9.17) is 0 Å². The van der Waals surface area contributed by atoms with Gasteiger partial charge in [-0.3, -0.25) is 0 Å². The van der Waals surface area contributed by atoms with E-state index in [0.717, 1.165) is 55.8 Å². The van der Waals surface area contributed by atoms with Crippen molar-refractivity contribution in [3.8, 4) is 0 Å². The van der Waals surface area contributed by atoms with E-state index in [1.165, 1.54) is 176 Å². The number of hydrogen-bond acceptors (Lipinski definition) is 0. The van der Waals surface area contributed by atoms with Gasteiger partial charge in [-0.2, -0.15) is 0 Å². The van der Waals surface area contributed by atoms with Crippen LogP contribution in [0.4, 0.5) is 0 Å². The van der Waals surface area contributed by atoms with Crippen molar-refractivity contribution in [2.24, 2.45) is 35.5 Å². The Hall–Kier alpha value is -5.20. The highest BCUT2D eigenvalue weighted by Gasteiger charge is 2.30. The Labute approximate surface area is 425 Å². The maximum atomic E-state index is 4.65. The maximum absolute atomic E-state index is 4.65. The Bertz CT molecular complexity index is 2610. The predicted molar refractivity (Wildman–Crippen MR) is 304 cm³/mol. The summed E-state index contributed by atoms with van der Waals surface area (Å²) in [5, 5.41) is 0. The van der Waals surface area contributed by atoms with E-state index in [0.29, 0.717) is 11.8 Å². The molecule has 0 amide bonds. The minimum absolute atomic E-state index is 0.459. The van der Waals surface area contributed by atoms with Crippen molar-refractivity contribution in [2.45, 2.75) is 155 Å². The molecule has 0 spiro atoms. The number of hydrogen-bond donors (Lipinski definition) is 0. The smallest absolute Gasteiger partial charge is 0.00515 e. The molecule has 0 heteroatoms. The van der Waals surface area contributed by atoms with Crippen molar-refractivity contribution in [1.82, 2.24) is 0 Å². The Morgan fingerprint density at radius 3 is 1.63 bits per heavy atom. The van der Waals surface area contributed by atoms with Crippen LogP contribution in [0.5, 0.6) is 0 Å². The lowest BCUT2D eigenvalue weighted by Crippen LogP contribution is -2.20. The topological polar surface area (TPSA) is 0 Å². The average molecular weight is 925 g/mol. The molecule has 0 N–H and O–H groups in total. The molecule has 2 fully saturated rings. The fourth-order valence-electron chi connectivity index (χ4n) is 13.9. The third-order valence-electron chi connectivity index (χ3n) is 17.9. The van der Waals surface area contributed by atoms with Gasteiger partial charge in [0.15, 0.2) is 0 Å². The van der Waals surface area contributed by atoms with Crippen LogP contribution in [0.1, 0.15) is 165 Å². The molecule has 0 nitrogen and oxygen atoms in total. The van der Waals surface area contributed by atoms with Gasteiger partial charge in [0.2, 0.25) is 0 Å². The fraction of sp³-hybridized carbons (Fsp3) is 0.429. The zero-order valence-electron chi connectivity index (χ0n) is 43.4. The van der Waals surface area contributed by atoms with E-state index in [2.05, 4.69) is 162 Å². The first-order valence-electron chi connectivity index (χ1n) is 28.0. The van der Waals surface area contributed by atoms with E-state index < -0.39 is 0 Å². The normalized spacial score (nSPS) is 24.3. The van der Waals surface area contributed by atoms with Crippen LogP contribution >= 0.6 is 0 Å². The van der Waals surface area contributed by atoms with E-state index in [-0.39, 0.29) is 0 Å². The predicted octanol–water partition coefficient (Wildman–Crippen LogP) is 19.8. The molecule has 2 aromatic carbocycles. The van der Waals surface area contributed by atoms with Crippen LogP contribution in [0.2, 0.25) is 0 Å². The SMILES string of the molecule is C=C(C1=CC=CC1)C(CCCC1CCCCC1C(=C)C)C1=CC(C2=CC(c3ccccc3)=CC2)=CC1.C=C(C1=CC=CC1)C(CCCC1CCCC[C@H]1C(=C)C)C1=CC(c2ccc3c(c2)CCC3)=CC1. The van der Waals surface area contributed by atoms with Crippen LogP contribution in [-0.4, -0.2) is 0 Å². The third-order valence-corrected chi connectivity index (χ3v) is 17.9. The summed E-state index contributed by atoms with van der Waals surface area (Å²) in [5.74, 6) is 4.08. The molecule has 70 heavy (non-hydrogen) atoms. The standard InChI is InChI=1S/C36H42.C34H42/c1-26(2)35-18-10-9-16-30(35)17-11-19-36(27(3)28-12-7-8-13-28)34-23-22-33(25-34)32-21-20-31(24-32)29-14-5-4-6-15-29;1-24(2)33-16-7-6-12-28(33)14-9-17-34(25(3)26-10-4-5-11-26)32-21-20-31(23-32)30-19-18-27-13-8-15-29(27)22-30/h4-8,12,14-15,20,22,24-25,30,35-36H,1,3,9-11,13,16-19,21,23H2,2H3;4-5,10,18-20,22-23,28,33-34H,1,3,6-9,11-17,21H2,2H3/t;28?,33-,34?/m.0/s1. The van der Waals surface area contributed by atoms with Crippen molar-refractivity contribution < 1.29 is 0 Å². The fourth-order valence-corrected chi connectivity index (χ4v) is 13.9. The van der Waals surface area contributed by atoms with E-state index >= 15 is 0 Å². The number of rotatable bonds is 19. The summed E-state index contributed by atoms with van der Waals surface area (Å²) in [6.07, 6.45) is 56.1. The highest BCUT2D eigenvalue weighted by molar-refractivity contribution is 5.80. The first-order chi connectivity index (χ1) is 34.2. The van der Waals surface area contributed by atoms with Gasteiger partial charge >= 0.3 is 0 Å². The zero-order valence-corrected chi connectivity index (χ0v) is 43.4. The molecule has 0 bridgehead atoms. The minimum atomic E-state index is 0.459. The summed E-state index contributed by atoms with van der Waals surface area (Å²) >= 11 is 0. The molecule has 8 aliphatic carbocycles. The van der Waals surface area contributed by atoms with Crippen LogP contribution in [0.3, 0.4) is 0 Å². The molecule has 5 unspecified atom stereocenters. The molecular weight excluding hydrogens is 841 g/mol. The summed E-state index contributed by atoms with van der Waals surface area (Å²) < 4.78 is 0. The van der Waals surface area contributed by atoms with Gasteiger partial charge in [-0.15, -0.1) is 0 Å². The minimum Gasteiger partial charge on any atom is -0.0999 e. The second kappa shape index (κ2) is 23.8. The largest absolute Gasteiger partial charge is 0.0999 e. The summed E-state index contributed by atoms with van der Waals surface area (Å²) in [5.41, 5.74) is 23.1. The summed E-state index contributed by atoms with van der Waals surface area (Å²) in [4.78, 5) is 0. The second-order valence-corrected chi connectivity index (χ2v) is 22.6. The quantitative estimate of drug-likeness (QED) is 0.123. The Morgan fingerprint density at radius 2 is 1.06 bits per heavy atom. The number of allylic oxidation sites excluding steroid dienone is 24. The molecule has 0 saturated heterocycles. The lowest BCUT2D eigenvalue weighted by atomic mass is 9.73. The first-order valence-corrected chi connectivity index (χ1v) is 28.0. The van der Waals surface area contributed by atoms with Crippen LogP contribution < -0.4 is 0 Å². The van der Waals surface area contributed by atoms with Crippen molar-refractivity contribution in [2.75, 3.05) is 0 Å². The van der Waals surface area contributed by atoms with Crippen LogP contribution in [0, 0.1) is 35.5 Å². The third kappa shape index (κ3) is 12.1. The van der Waals surface area contributed by atoms with Gasteiger partial charge in [-0.1, -0.05) is 209 Å². The van der Waals surface area contributed by atoms with Gasteiger partial charge in [0, 0.05) is 11.8 Å². The number of aryl methyl sites for hydroxylation is 2. The van der Waals surface area contributed by atoms with Crippen molar-refractivity contribution in [1.29, 1.82) is 0 Å². The van der Waals surface area contributed by atoms with E-state index in [1.807, 2.05) is 0 Å². The van der Waals surface area contributed by atoms with Gasteiger partial charge in [0.25, 0.3) is 0 Å². The summed E-state index contributed by atoms with van der Waals surface area (Å²) in [7, 11) is 0. The second-order valence-electron chi connectivity index (χ2n) is 22.6. The molecule has 0 heterocycles. The molecule has 0 aliphatic heterocycles. The molecule has 8 aliphatic rings. The highest BCUT2D eigenvalue weighted by Crippen LogP contribution is 2.45. The molecule has 0 radical (unpaired) electrons. The Balaban J connectivity index is 0.000000174. The highest BCUT2D eigenvalue weighted by atomic mass is 14.3. The van der Waals surface area contributed by atoms with Gasteiger partial charge in [0.1, 0.15) is 0 Å². The van der Waals surface area contributed by atoms with Crippen molar-refractivity contribution in [3.05, 3.63) is 226 Å². The van der Waals surface area contributed by atoms with E-state index in [1.54, 1.807) is 22.3 Å². The lowest BCUT2D eigenvalue weighted by Gasteiger charge is -2.32. The van der Waals surface area contributed by atoms with E-state index in [9.17, 15) is 0 Å². The molecule has 2 aromatic rings. The Morgan fingerprint density at radius 1 is 0.529 bits per heavy atom. The van der Waals surface area contributed by atoms with Gasteiger partial charge in [-0.05, 0) is 207 Å². The van der Waals surface area contributed by atoms with Crippen LogP contribution in [0.25, 0.3) is 11.1 Å². The summed E-state index contributed by atoms with van der Waals surface area (Å²) in [6.45, 7) is 22.5. The number of fused-ring (bicyclic) bond motifs is 1. The zero-order chi connectivity index (χ0) is 48.4. The monoisotopic (exact) mass is 925 g/mol. The molecular formula is C70H84. The Kier molecular flexibility index (Phi) is 16.9. The molecule has 2 saturated carbocycles. The van der Waals surface area contributed by atoms with Crippen molar-refractivity contribution >= 4 is 11.1 Å². The van der Waals surface area contributed by atoms with Crippen LogP contribution in [0.15, 0.2) is 203 Å².